The number of nitrogens with zero attached hydrogens (tertiary/aromatic N) is 1. The van der Waals surface area contributed by atoms with Gasteiger partial charge in [-0.15, -0.1) is 0 Å². The Morgan fingerprint density at radius 3 is 2.67 bits per heavy atom. The van der Waals surface area contributed by atoms with Gasteiger partial charge in [-0.2, -0.15) is 0 Å². The van der Waals surface area contributed by atoms with Gasteiger partial charge >= 0.3 is 0 Å². The van der Waals surface area contributed by atoms with E-state index in [9.17, 15) is 4.79 Å². The zero-order chi connectivity index (χ0) is 15.2. The average molecular weight is 286 g/mol. The van der Waals surface area contributed by atoms with Crippen molar-refractivity contribution >= 4 is 5.91 Å². The standard InChI is InChI=1S/C17H22N2O2/c1-12(2)11-18-16(20)10-9-15-13(3)21-17(19-15)14-7-5-4-6-8-14/h4-8,12H,9-11H2,1-3H3,(H,18,20). The molecule has 0 aliphatic rings. The van der Waals surface area contributed by atoms with E-state index in [2.05, 4.69) is 24.1 Å². The van der Waals surface area contributed by atoms with E-state index < -0.39 is 0 Å². The summed E-state index contributed by atoms with van der Waals surface area (Å²) in [4.78, 5) is 16.2. The fourth-order valence-corrected chi connectivity index (χ4v) is 2.00. The van der Waals surface area contributed by atoms with Gasteiger partial charge in [-0.25, -0.2) is 4.98 Å². The number of nitrogens with one attached hydrogen (secondary N) is 1. The lowest BCUT2D eigenvalue weighted by molar-refractivity contribution is -0.121. The second kappa shape index (κ2) is 7.07. The number of hydrogen-bond acceptors (Lipinski definition) is 3. The second-order valence-electron chi connectivity index (χ2n) is 5.59. The first kappa shape index (κ1) is 15.3. The van der Waals surface area contributed by atoms with Crippen LogP contribution in [-0.2, 0) is 11.2 Å². The molecule has 4 heteroatoms. The first-order chi connectivity index (χ1) is 10.1. The van der Waals surface area contributed by atoms with E-state index in [4.69, 9.17) is 4.42 Å². The molecule has 0 spiro atoms. The fraction of sp³-hybridized carbons (Fsp3) is 0.412. The summed E-state index contributed by atoms with van der Waals surface area (Å²) in [6.45, 7) is 6.76. The van der Waals surface area contributed by atoms with Crippen molar-refractivity contribution in [2.24, 2.45) is 5.92 Å². The Balaban J connectivity index is 1.96. The maximum atomic E-state index is 11.7. The summed E-state index contributed by atoms with van der Waals surface area (Å²) in [7, 11) is 0. The molecule has 0 unspecified atom stereocenters. The topological polar surface area (TPSA) is 55.1 Å². The van der Waals surface area contributed by atoms with Crippen LogP contribution in [0.25, 0.3) is 11.5 Å². The number of carbonyl (C=O) groups excluding carboxylic acids is 1. The molecular weight excluding hydrogens is 264 g/mol. The van der Waals surface area contributed by atoms with Crippen molar-refractivity contribution in [1.82, 2.24) is 10.3 Å². The Morgan fingerprint density at radius 2 is 2.00 bits per heavy atom. The Labute approximate surface area is 125 Å². The molecule has 0 aliphatic carbocycles. The molecule has 0 atom stereocenters. The zero-order valence-corrected chi connectivity index (χ0v) is 12.8. The van der Waals surface area contributed by atoms with Crippen LogP contribution < -0.4 is 5.32 Å². The SMILES string of the molecule is Cc1oc(-c2ccccc2)nc1CCC(=O)NCC(C)C. The van der Waals surface area contributed by atoms with Gasteiger partial charge in [0.05, 0.1) is 5.69 Å². The molecule has 4 nitrogen and oxygen atoms in total. The fourth-order valence-electron chi connectivity index (χ4n) is 2.00. The molecule has 21 heavy (non-hydrogen) atoms. The van der Waals surface area contributed by atoms with Crippen LogP contribution in [0, 0.1) is 12.8 Å². The van der Waals surface area contributed by atoms with Crippen molar-refractivity contribution in [2.75, 3.05) is 6.54 Å². The van der Waals surface area contributed by atoms with Gasteiger partial charge in [-0.05, 0) is 25.0 Å². The highest BCUT2D eigenvalue weighted by molar-refractivity contribution is 5.76. The van der Waals surface area contributed by atoms with Gasteiger partial charge in [0, 0.05) is 24.9 Å². The van der Waals surface area contributed by atoms with Crippen LogP contribution in [-0.4, -0.2) is 17.4 Å². The summed E-state index contributed by atoms with van der Waals surface area (Å²) in [5, 5.41) is 2.91. The van der Waals surface area contributed by atoms with Gasteiger partial charge in [0.15, 0.2) is 0 Å². The quantitative estimate of drug-likeness (QED) is 0.886. The molecule has 1 aromatic heterocycles. The summed E-state index contributed by atoms with van der Waals surface area (Å²) in [6.07, 6.45) is 1.04. The minimum Gasteiger partial charge on any atom is -0.441 e. The molecule has 0 saturated carbocycles. The molecule has 1 amide bonds. The van der Waals surface area contributed by atoms with Crippen LogP contribution in [0.2, 0.25) is 0 Å². The third-order valence-corrected chi connectivity index (χ3v) is 3.21. The summed E-state index contributed by atoms with van der Waals surface area (Å²) >= 11 is 0. The van der Waals surface area contributed by atoms with Gasteiger partial charge in [0.2, 0.25) is 11.8 Å². The molecule has 1 N–H and O–H groups in total. The van der Waals surface area contributed by atoms with Crippen molar-refractivity contribution in [3.05, 3.63) is 41.8 Å². The number of benzene rings is 1. The Bertz CT molecular complexity index is 588. The summed E-state index contributed by atoms with van der Waals surface area (Å²) in [6, 6.07) is 9.79. The molecule has 2 rings (SSSR count). The van der Waals surface area contributed by atoms with E-state index in [0.717, 1.165) is 17.0 Å². The third kappa shape index (κ3) is 4.45. The lowest BCUT2D eigenvalue weighted by atomic mass is 10.2. The van der Waals surface area contributed by atoms with Crippen LogP contribution in [0.5, 0.6) is 0 Å². The molecule has 112 valence electrons. The largest absolute Gasteiger partial charge is 0.441 e. The van der Waals surface area contributed by atoms with E-state index in [1.165, 1.54) is 0 Å². The minimum absolute atomic E-state index is 0.0624. The minimum atomic E-state index is 0.0624. The van der Waals surface area contributed by atoms with Crippen LogP contribution in [0.3, 0.4) is 0 Å². The van der Waals surface area contributed by atoms with Gasteiger partial charge in [0.1, 0.15) is 5.76 Å². The molecule has 1 heterocycles. The van der Waals surface area contributed by atoms with E-state index in [1.807, 2.05) is 37.3 Å². The maximum Gasteiger partial charge on any atom is 0.226 e. The van der Waals surface area contributed by atoms with Crippen molar-refractivity contribution in [1.29, 1.82) is 0 Å². The second-order valence-corrected chi connectivity index (χ2v) is 5.59. The Morgan fingerprint density at radius 1 is 1.29 bits per heavy atom. The number of aryl methyl sites for hydroxylation is 2. The number of carbonyl (C=O) groups is 1. The Kier molecular flexibility index (Phi) is 5.14. The molecular formula is C17H22N2O2. The number of rotatable bonds is 6. The van der Waals surface area contributed by atoms with Gasteiger partial charge in [-0.1, -0.05) is 32.0 Å². The normalized spacial score (nSPS) is 10.9. The van der Waals surface area contributed by atoms with Crippen molar-refractivity contribution in [2.45, 2.75) is 33.6 Å². The molecule has 0 radical (unpaired) electrons. The highest BCUT2D eigenvalue weighted by Gasteiger charge is 2.12. The monoisotopic (exact) mass is 286 g/mol. The Hall–Kier alpha value is -2.10. The first-order valence-electron chi connectivity index (χ1n) is 7.34. The van der Waals surface area contributed by atoms with Gasteiger partial charge in [0.25, 0.3) is 0 Å². The van der Waals surface area contributed by atoms with Crippen LogP contribution in [0.4, 0.5) is 0 Å². The highest BCUT2D eigenvalue weighted by atomic mass is 16.4. The third-order valence-electron chi connectivity index (χ3n) is 3.21. The first-order valence-corrected chi connectivity index (χ1v) is 7.34. The van der Waals surface area contributed by atoms with E-state index in [0.29, 0.717) is 31.2 Å². The van der Waals surface area contributed by atoms with Crippen molar-refractivity contribution in [3.8, 4) is 11.5 Å². The van der Waals surface area contributed by atoms with Crippen LogP contribution in [0.1, 0.15) is 31.7 Å². The molecule has 0 fully saturated rings. The maximum absolute atomic E-state index is 11.7. The number of aromatic nitrogens is 1. The van der Waals surface area contributed by atoms with E-state index >= 15 is 0 Å². The van der Waals surface area contributed by atoms with Crippen LogP contribution in [0.15, 0.2) is 34.7 Å². The number of oxazole rings is 1. The predicted molar refractivity (Wildman–Crippen MR) is 82.8 cm³/mol. The molecule has 0 bridgehead atoms. The highest BCUT2D eigenvalue weighted by Crippen LogP contribution is 2.22. The zero-order valence-electron chi connectivity index (χ0n) is 12.8. The summed E-state index contributed by atoms with van der Waals surface area (Å²) < 4.78 is 5.69. The summed E-state index contributed by atoms with van der Waals surface area (Å²) in [5.74, 6) is 1.93. The summed E-state index contributed by atoms with van der Waals surface area (Å²) in [5.41, 5.74) is 1.81. The smallest absolute Gasteiger partial charge is 0.226 e. The number of hydrogen-bond donors (Lipinski definition) is 1. The van der Waals surface area contributed by atoms with Crippen molar-refractivity contribution in [3.63, 3.8) is 0 Å². The molecule has 0 saturated heterocycles. The average Bonchev–Trinajstić information content (AvgIpc) is 2.85. The van der Waals surface area contributed by atoms with Gasteiger partial charge in [-0.3, -0.25) is 4.79 Å². The predicted octanol–water partition coefficient (Wildman–Crippen LogP) is 3.35. The number of amides is 1. The lowest BCUT2D eigenvalue weighted by Crippen LogP contribution is -2.27. The molecule has 2 aromatic rings. The van der Waals surface area contributed by atoms with E-state index in [1.54, 1.807) is 0 Å². The molecule has 0 aliphatic heterocycles. The molecule has 1 aromatic carbocycles. The lowest BCUT2D eigenvalue weighted by Gasteiger charge is -2.06. The van der Waals surface area contributed by atoms with Crippen molar-refractivity contribution < 1.29 is 9.21 Å². The van der Waals surface area contributed by atoms with E-state index in [-0.39, 0.29) is 5.91 Å². The van der Waals surface area contributed by atoms with Gasteiger partial charge < -0.3 is 9.73 Å². The van der Waals surface area contributed by atoms with Crippen LogP contribution >= 0.6 is 0 Å².